The normalized spacial score (nSPS) is 32.9. The maximum atomic E-state index is 12.3. The van der Waals surface area contributed by atoms with E-state index in [0.717, 1.165) is 51.4 Å². The van der Waals surface area contributed by atoms with Gasteiger partial charge in [-0.1, -0.05) is 36.8 Å². The minimum atomic E-state index is -0.742. The summed E-state index contributed by atoms with van der Waals surface area (Å²) in [7, 11) is 0. The first kappa shape index (κ1) is 19.2. The Morgan fingerprint density at radius 3 is 2.62 bits per heavy atom. The summed E-state index contributed by atoms with van der Waals surface area (Å²) in [6.07, 6.45) is 11.6. The topological polar surface area (TPSA) is 74.6 Å². The molecule has 4 atom stereocenters. The van der Waals surface area contributed by atoms with E-state index in [-0.39, 0.29) is 24.0 Å². The lowest BCUT2D eigenvalue weighted by Crippen LogP contribution is -2.44. The number of Topliss-reactive ketones (excluding diaryl/α,β-unsaturated/α-hetero) is 1. The van der Waals surface area contributed by atoms with Crippen LogP contribution in [0.5, 0.6) is 0 Å². The number of carbonyl (C=O) groups is 2. The van der Waals surface area contributed by atoms with Crippen LogP contribution in [0, 0.1) is 35.5 Å². The molecule has 0 aliphatic heterocycles. The van der Waals surface area contributed by atoms with Crippen LogP contribution in [0.1, 0.15) is 70.6 Å². The van der Waals surface area contributed by atoms with Gasteiger partial charge in [0, 0.05) is 12.3 Å². The molecule has 3 aliphatic rings. The van der Waals surface area contributed by atoms with Crippen LogP contribution in [0.2, 0.25) is 0 Å². The van der Waals surface area contributed by atoms with E-state index < -0.39 is 12.1 Å². The molecule has 142 valence electrons. The van der Waals surface area contributed by atoms with Gasteiger partial charge in [-0.25, -0.2) is 0 Å². The maximum Gasteiger partial charge on any atom is 0.303 e. The van der Waals surface area contributed by atoms with Crippen LogP contribution >= 0.6 is 0 Å². The van der Waals surface area contributed by atoms with Crippen molar-refractivity contribution in [2.45, 2.75) is 76.7 Å². The summed E-state index contributed by atoms with van der Waals surface area (Å²) in [5, 5.41) is 19.1. The van der Waals surface area contributed by atoms with E-state index in [2.05, 4.69) is 17.9 Å². The lowest BCUT2D eigenvalue weighted by molar-refractivity contribution is -0.137. The second kappa shape index (κ2) is 8.86. The number of fused-ring (bicyclic) bond motifs is 1. The number of ketones is 1. The highest BCUT2D eigenvalue weighted by Crippen LogP contribution is 2.51. The number of carboxylic acids is 1. The van der Waals surface area contributed by atoms with Gasteiger partial charge in [-0.15, -0.1) is 0 Å². The summed E-state index contributed by atoms with van der Waals surface area (Å²) >= 11 is 0. The largest absolute Gasteiger partial charge is 0.481 e. The fourth-order valence-corrected chi connectivity index (χ4v) is 4.87. The van der Waals surface area contributed by atoms with E-state index in [1.54, 1.807) is 0 Å². The molecule has 3 fully saturated rings. The van der Waals surface area contributed by atoms with Gasteiger partial charge in [0.1, 0.15) is 0 Å². The average Bonchev–Trinajstić information content (AvgIpc) is 2.62. The number of allylic oxidation sites excluding steroid dienone is 2. The minimum absolute atomic E-state index is 0.0720. The fourth-order valence-electron chi connectivity index (χ4n) is 4.87. The highest BCUT2D eigenvalue weighted by Gasteiger charge is 2.46. The molecular weight excluding hydrogens is 328 g/mol. The zero-order valence-corrected chi connectivity index (χ0v) is 15.5. The van der Waals surface area contributed by atoms with Gasteiger partial charge in [0.15, 0.2) is 0 Å². The van der Waals surface area contributed by atoms with Gasteiger partial charge in [-0.2, -0.15) is 0 Å². The Morgan fingerprint density at radius 1 is 1.12 bits per heavy atom. The lowest BCUT2D eigenvalue weighted by Gasteiger charge is -2.48. The summed E-state index contributed by atoms with van der Waals surface area (Å²) in [6, 6.07) is 0. The summed E-state index contributed by atoms with van der Waals surface area (Å²) < 4.78 is 0. The first-order chi connectivity index (χ1) is 12.6. The molecule has 0 unspecified atom stereocenters. The van der Waals surface area contributed by atoms with E-state index in [9.17, 15) is 14.7 Å². The number of aliphatic hydroxyl groups excluding tert-OH is 1. The minimum Gasteiger partial charge on any atom is -0.481 e. The highest BCUT2D eigenvalue weighted by molar-refractivity contribution is 5.97. The molecule has 3 aliphatic carbocycles. The predicted octanol–water partition coefficient (Wildman–Crippen LogP) is 3.73. The van der Waals surface area contributed by atoms with Crippen LogP contribution in [0.3, 0.4) is 0 Å². The second-order valence-corrected chi connectivity index (χ2v) is 8.18. The SMILES string of the molecule is O=C(O)CCCC=C1C[C@@H]2[C@@H](C#CC(=O)C3CCCCC3)[C@H](O)CC[C@H]12. The van der Waals surface area contributed by atoms with Crippen molar-refractivity contribution in [3.8, 4) is 11.8 Å². The van der Waals surface area contributed by atoms with Crippen LogP contribution in [-0.4, -0.2) is 28.1 Å². The third-order valence-corrected chi connectivity index (χ3v) is 6.45. The third-order valence-electron chi connectivity index (χ3n) is 6.45. The van der Waals surface area contributed by atoms with Gasteiger partial charge >= 0.3 is 5.97 Å². The molecule has 0 heterocycles. The predicted molar refractivity (Wildman–Crippen MR) is 99.3 cm³/mol. The monoisotopic (exact) mass is 358 g/mol. The van der Waals surface area contributed by atoms with Gasteiger partial charge in [0.2, 0.25) is 5.78 Å². The van der Waals surface area contributed by atoms with E-state index in [0.29, 0.717) is 18.3 Å². The van der Waals surface area contributed by atoms with E-state index in [1.807, 2.05) is 0 Å². The summed E-state index contributed by atoms with van der Waals surface area (Å²) in [5.74, 6) is 6.21. The Balaban J connectivity index is 1.55. The van der Waals surface area contributed by atoms with Crippen LogP contribution in [0.25, 0.3) is 0 Å². The van der Waals surface area contributed by atoms with Gasteiger partial charge in [0.25, 0.3) is 0 Å². The van der Waals surface area contributed by atoms with Crippen molar-refractivity contribution in [3.05, 3.63) is 11.6 Å². The number of aliphatic hydroxyl groups is 1. The zero-order valence-electron chi connectivity index (χ0n) is 15.5. The molecule has 26 heavy (non-hydrogen) atoms. The Kier molecular flexibility index (Phi) is 6.53. The Morgan fingerprint density at radius 2 is 1.88 bits per heavy atom. The number of rotatable bonds is 5. The van der Waals surface area contributed by atoms with Gasteiger partial charge < -0.3 is 10.2 Å². The van der Waals surface area contributed by atoms with Crippen molar-refractivity contribution in [2.75, 3.05) is 0 Å². The number of hydrogen-bond acceptors (Lipinski definition) is 3. The first-order valence-electron chi connectivity index (χ1n) is 10.2. The molecular formula is C22H30O4. The quantitative estimate of drug-likeness (QED) is 0.340. The van der Waals surface area contributed by atoms with Crippen LogP contribution in [0.15, 0.2) is 11.6 Å². The molecule has 0 spiro atoms. The van der Waals surface area contributed by atoms with Crippen molar-refractivity contribution in [1.82, 2.24) is 0 Å². The second-order valence-electron chi connectivity index (χ2n) is 8.18. The molecule has 0 aromatic rings. The number of unbranched alkanes of at least 4 members (excludes halogenated alkanes) is 1. The fraction of sp³-hybridized carbons (Fsp3) is 0.727. The number of aliphatic carboxylic acids is 1. The molecule has 0 bridgehead atoms. The molecule has 0 aromatic heterocycles. The number of carboxylic acid groups (broad SMARTS) is 1. The van der Waals surface area contributed by atoms with E-state index in [1.165, 1.54) is 12.0 Å². The Hall–Kier alpha value is -1.60. The molecule has 0 saturated heterocycles. The maximum absolute atomic E-state index is 12.3. The standard InChI is InChI=1S/C22H30O4/c23-20(15-6-2-1-3-7-15)12-11-18-19-14-16(8-4-5-9-22(25)26)17(19)10-13-21(18)24/h8,15,17-19,21,24H,1-7,9-10,13-14H2,(H,25,26)/t17-,18-,19+,21-/m1/s1. The van der Waals surface area contributed by atoms with Crippen molar-refractivity contribution >= 4 is 11.8 Å². The van der Waals surface area contributed by atoms with Crippen molar-refractivity contribution in [3.63, 3.8) is 0 Å². The molecule has 4 heteroatoms. The van der Waals surface area contributed by atoms with Crippen molar-refractivity contribution in [2.24, 2.45) is 23.7 Å². The molecule has 0 amide bonds. The van der Waals surface area contributed by atoms with Crippen LogP contribution in [0.4, 0.5) is 0 Å². The molecule has 3 rings (SSSR count). The Labute approximate surface area is 156 Å². The molecule has 0 aromatic carbocycles. The molecule has 4 nitrogen and oxygen atoms in total. The van der Waals surface area contributed by atoms with Gasteiger partial charge in [-0.3, -0.25) is 9.59 Å². The van der Waals surface area contributed by atoms with Crippen molar-refractivity contribution in [1.29, 1.82) is 0 Å². The lowest BCUT2D eigenvalue weighted by atomic mass is 9.57. The highest BCUT2D eigenvalue weighted by atomic mass is 16.4. The van der Waals surface area contributed by atoms with Crippen LogP contribution in [-0.2, 0) is 9.59 Å². The van der Waals surface area contributed by atoms with Gasteiger partial charge in [-0.05, 0) is 62.7 Å². The van der Waals surface area contributed by atoms with E-state index in [4.69, 9.17) is 5.11 Å². The number of carbonyl (C=O) groups excluding carboxylic acids is 1. The van der Waals surface area contributed by atoms with Gasteiger partial charge in [0.05, 0.1) is 12.0 Å². The third kappa shape index (κ3) is 4.57. The van der Waals surface area contributed by atoms with E-state index >= 15 is 0 Å². The molecule has 0 radical (unpaired) electrons. The zero-order chi connectivity index (χ0) is 18.5. The number of hydrogen-bond donors (Lipinski definition) is 2. The van der Waals surface area contributed by atoms with Crippen LogP contribution < -0.4 is 0 Å². The Bertz CT molecular complexity index is 618. The smallest absolute Gasteiger partial charge is 0.303 e. The first-order valence-corrected chi connectivity index (χ1v) is 10.2. The molecule has 3 saturated carbocycles. The van der Waals surface area contributed by atoms with Crippen molar-refractivity contribution < 1.29 is 19.8 Å². The summed E-state index contributed by atoms with van der Waals surface area (Å²) in [5.41, 5.74) is 1.40. The summed E-state index contributed by atoms with van der Waals surface area (Å²) in [4.78, 5) is 22.9. The molecule has 2 N–H and O–H groups in total. The summed E-state index contributed by atoms with van der Waals surface area (Å²) in [6.45, 7) is 0. The average molecular weight is 358 g/mol.